The molecule has 0 N–H and O–H groups in total. The van der Waals surface area contributed by atoms with E-state index in [0.717, 1.165) is 22.8 Å². The highest BCUT2D eigenvalue weighted by Gasteiger charge is 2.33. The number of rotatable bonds is 4. The van der Waals surface area contributed by atoms with Crippen molar-refractivity contribution in [2.45, 2.75) is 26.9 Å². The van der Waals surface area contributed by atoms with Crippen molar-refractivity contribution in [2.75, 3.05) is 7.11 Å². The second-order valence-corrected chi connectivity index (χ2v) is 7.74. The maximum absolute atomic E-state index is 13.2. The van der Waals surface area contributed by atoms with E-state index >= 15 is 0 Å². The van der Waals surface area contributed by atoms with E-state index in [1.54, 1.807) is 23.2 Å². The molecule has 7 nitrogen and oxygen atoms in total. The Bertz CT molecular complexity index is 1270. The van der Waals surface area contributed by atoms with Crippen molar-refractivity contribution >= 4 is 5.91 Å². The van der Waals surface area contributed by atoms with Crippen LogP contribution in [-0.2, 0) is 13.1 Å². The van der Waals surface area contributed by atoms with Gasteiger partial charge in [-0.2, -0.15) is 5.10 Å². The molecule has 0 aliphatic carbocycles. The van der Waals surface area contributed by atoms with Crippen LogP contribution in [0.4, 0.5) is 0 Å². The van der Waals surface area contributed by atoms with Gasteiger partial charge in [0, 0.05) is 24.2 Å². The molecular formula is C24H23N5O2. The van der Waals surface area contributed by atoms with Crippen molar-refractivity contribution in [2.24, 2.45) is 0 Å². The topological polar surface area (TPSA) is 65.2 Å². The van der Waals surface area contributed by atoms with E-state index in [4.69, 9.17) is 9.84 Å². The summed E-state index contributed by atoms with van der Waals surface area (Å²) in [6, 6.07) is 13.8. The molecule has 4 aromatic rings. The van der Waals surface area contributed by atoms with E-state index in [0.29, 0.717) is 24.5 Å². The average Bonchev–Trinajstić information content (AvgIpc) is 3.51. The lowest BCUT2D eigenvalue weighted by Gasteiger charge is -2.18. The largest absolute Gasteiger partial charge is 0.480 e. The number of carbonyl (C=O) groups excluding carboxylic acids is 1. The van der Waals surface area contributed by atoms with Crippen LogP contribution in [0.2, 0.25) is 0 Å². The minimum Gasteiger partial charge on any atom is -0.480 e. The third-order valence-corrected chi connectivity index (χ3v) is 5.80. The average molecular weight is 413 g/mol. The standard InChI is InChI=1S/C24H23N5O2/c1-16-8-9-18(13-17(16)2)29-23(27-11-4-5-12-27)20-14-28(15-21(20)26-29)24(30)19-7-6-10-25-22(19)31-3/h4-13H,14-15H2,1-3H3. The first kappa shape index (κ1) is 19.1. The van der Waals surface area contributed by atoms with Gasteiger partial charge in [0.05, 0.1) is 31.6 Å². The molecule has 4 heterocycles. The summed E-state index contributed by atoms with van der Waals surface area (Å²) >= 11 is 0. The first-order valence-electron chi connectivity index (χ1n) is 10.2. The summed E-state index contributed by atoms with van der Waals surface area (Å²) in [7, 11) is 1.52. The smallest absolute Gasteiger partial charge is 0.260 e. The zero-order valence-corrected chi connectivity index (χ0v) is 17.7. The number of fused-ring (bicyclic) bond motifs is 1. The molecule has 1 amide bonds. The first-order valence-corrected chi connectivity index (χ1v) is 10.2. The molecule has 1 aliphatic heterocycles. The Morgan fingerprint density at radius 3 is 2.58 bits per heavy atom. The third-order valence-electron chi connectivity index (χ3n) is 5.80. The minimum atomic E-state index is -0.112. The summed E-state index contributed by atoms with van der Waals surface area (Å²) in [5.41, 5.74) is 5.87. The van der Waals surface area contributed by atoms with E-state index in [-0.39, 0.29) is 5.91 Å². The van der Waals surface area contributed by atoms with Crippen LogP contribution in [0.25, 0.3) is 11.5 Å². The molecular weight excluding hydrogens is 390 g/mol. The van der Waals surface area contributed by atoms with Crippen LogP contribution in [0, 0.1) is 13.8 Å². The molecule has 5 rings (SSSR count). The number of pyridine rings is 1. The van der Waals surface area contributed by atoms with E-state index in [1.165, 1.54) is 18.2 Å². The molecule has 0 spiro atoms. The number of carbonyl (C=O) groups is 1. The van der Waals surface area contributed by atoms with Crippen LogP contribution >= 0.6 is 0 Å². The highest BCUT2D eigenvalue weighted by molar-refractivity contribution is 5.96. The number of hydrogen-bond acceptors (Lipinski definition) is 4. The van der Waals surface area contributed by atoms with Crippen molar-refractivity contribution in [1.82, 2.24) is 24.2 Å². The summed E-state index contributed by atoms with van der Waals surface area (Å²) in [5, 5.41) is 4.91. The van der Waals surface area contributed by atoms with Gasteiger partial charge in [0.2, 0.25) is 5.88 Å². The van der Waals surface area contributed by atoms with Crippen molar-refractivity contribution < 1.29 is 9.53 Å². The summed E-state index contributed by atoms with van der Waals surface area (Å²) < 4.78 is 9.31. The van der Waals surface area contributed by atoms with Gasteiger partial charge in [-0.3, -0.25) is 4.79 Å². The Morgan fingerprint density at radius 2 is 1.84 bits per heavy atom. The fourth-order valence-electron chi connectivity index (χ4n) is 4.01. The van der Waals surface area contributed by atoms with Gasteiger partial charge < -0.3 is 14.2 Å². The lowest BCUT2D eigenvalue weighted by atomic mass is 10.1. The third kappa shape index (κ3) is 3.18. The van der Waals surface area contributed by atoms with E-state index in [2.05, 4.69) is 41.6 Å². The SMILES string of the molecule is COc1ncccc1C(=O)N1Cc2nn(-c3ccc(C)c(C)c3)c(-n3cccc3)c2C1. The van der Waals surface area contributed by atoms with Gasteiger partial charge in [0.1, 0.15) is 11.4 Å². The molecule has 0 bridgehead atoms. The van der Waals surface area contributed by atoms with Gasteiger partial charge >= 0.3 is 0 Å². The summed E-state index contributed by atoms with van der Waals surface area (Å²) in [5.74, 6) is 1.18. The lowest BCUT2D eigenvalue weighted by molar-refractivity contribution is 0.0745. The Morgan fingerprint density at radius 1 is 1.03 bits per heavy atom. The summed E-state index contributed by atoms with van der Waals surface area (Å²) in [4.78, 5) is 19.1. The van der Waals surface area contributed by atoms with Crippen LogP contribution in [0.5, 0.6) is 5.88 Å². The molecule has 0 fully saturated rings. The van der Waals surface area contributed by atoms with Crippen molar-refractivity contribution in [1.29, 1.82) is 0 Å². The van der Waals surface area contributed by atoms with E-state index < -0.39 is 0 Å². The van der Waals surface area contributed by atoms with E-state index in [1.807, 2.05) is 29.2 Å². The van der Waals surface area contributed by atoms with Crippen LogP contribution in [0.15, 0.2) is 61.1 Å². The molecule has 0 radical (unpaired) electrons. The summed E-state index contributed by atoms with van der Waals surface area (Å²) in [6.07, 6.45) is 5.62. The highest BCUT2D eigenvalue weighted by Crippen LogP contribution is 2.32. The van der Waals surface area contributed by atoms with Gasteiger partial charge in [-0.1, -0.05) is 6.07 Å². The van der Waals surface area contributed by atoms with Crippen LogP contribution < -0.4 is 4.74 Å². The van der Waals surface area contributed by atoms with Gasteiger partial charge in [-0.05, 0) is 61.4 Å². The van der Waals surface area contributed by atoms with E-state index in [9.17, 15) is 4.79 Å². The Balaban J connectivity index is 1.55. The predicted molar refractivity (Wildman–Crippen MR) is 117 cm³/mol. The molecule has 0 saturated carbocycles. The van der Waals surface area contributed by atoms with Crippen molar-refractivity contribution in [3.8, 4) is 17.4 Å². The molecule has 7 heteroatoms. The number of benzene rings is 1. The van der Waals surface area contributed by atoms with Gasteiger partial charge in [-0.15, -0.1) is 0 Å². The number of nitrogens with zero attached hydrogens (tertiary/aromatic N) is 5. The maximum Gasteiger partial charge on any atom is 0.260 e. The number of amides is 1. The lowest BCUT2D eigenvalue weighted by Crippen LogP contribution is -2.27. The fourth-order valence-corrected chi connectivity index (χ4v) is 4.01. The molecule has 3 aromatic heterocycles. The number of aromatic nitrogens is 4. The molecule has 1 aromatic carbocycles. The molecule has 31 heavy (non-hydrogen) atoms. The number of aryl methyl sites for hydroxylation is 2. The number of hydrogen-bond donors (Lipinski definition) is 0. The monoisotopic (exact) mass is 413 g/mol. The second-order valence-electron chi connectivity index (χ2n) is 7.74. The molecule has 0 saturated heterocycles. The number of ether oxygens (including phenoxy) is 1. The maximum atomic E-state index is 13.2. The molecule has 1 aliphatic rings. The second kappa shape index (κ2) is 7.43. The Labute approximate surface area is 180 Å². The zero-order chi connectivity index (χ0) is 21.5. The van der Waals surface area contributed by atoms with Crippen molar-refractivity contribution in [3.05, 3.63) is 89.0 Å². The molecule has 0 atom stereocenters. The molecule has 0 unspecified atom stereocenters. The number of methoxy groups -OCH3 is 1. The normalized spacial score (nSPS) is 12.8. The minimum absolute atomic E-state index is 0.112. The Hall–Kier alpha value is -3.87. The highest BCUT2D eigenvalue weighted by atomic mass is 16.5. The first-order chi connectivity index (χ1) is 15.1. The van der Waals surface area contributed by atoms with Gasteiger partial charge in [0.25, 0.3) is 5.91 Å². The summed E-state index contributed by atoms with van der Waals surface area (Å²) in [6.45, 7) is 5.13. The fraction of sp³-hybridized carbons (Fsp3) is 0.208. The van der Waals surface area contributed by atoms with Gasteiger partial charge in [-0.25, -0.2) is 9.67 Å². The van der Waals surface area contributed by atoms with Crippen LogP contribution in [0.1, 0.15) is 32.7 Å². The van der Waals surface area contributed by atoms with Crippen molar-refractivity contribution in [3.63, 3.8) is 0 Å². The Kier molecular flexibility index (Phi) is 4.58. The zero-order valence-electron chi connectivity index (χ0n) is 17.7. The van der Waals surface area contributed by atoms with Crippen LogP contribution in [0.3, 0.4) is 0 Å². The van der Waals surface area contributed by atoms with Crippen LogP contribution in [-0.4, -0.2) is 37.2 Å². The quantitative estimate of drug-likeness (QED) is 0.510. The molecule has 156 valence electrons. The predicted octanol–water partition coefficient (Wildman–Crippen LogP) is 3.84. The van der Waals surface area contributed by atoms with Gasteiger partial charge in [0.15, 0.2) is 0 Å².